The molecule has 2 N–H and O–H groups in total. The number of nitrogens with two attached hydrogens (primary N) is 1. The van der Waals surface area contributed by atoms with E-state index in [9.17, 15) is 4.79 Å². The van der Waals surface area contributed by atoms with Gasteiger partial charge < -0.3 is 10.5 Å². The van der Waals surface area contributed by atoms with Crippen molar-refractivity contribution in [1.29, 1.82) is 0 Å². The fourth-order valence-corrected chi connectivity index (χ4v) is 1.02. The highest BCUT2D eigenvalue weighted by molar-refractivity contribution is 5.85. The zero-order valence-electron chi connectivity index (χ0n) is 5.87. The summed E-state index contributed by atoms with van der Waals surface area (Å²) in [6, 6.07) is 0.231. The van der Waals surface area contributed by atoms with Crippen LogP contribution in [-0.4, -0.2) is 19.1 Å². The molecule has 0 aromatic heterocycles. The molecule has 0 aliphatic heterocycles. The molecule has 1 aliphatic carbocycles. The van der Waals surface area contributed by atoms with Crippen LogP contribution in [0.25, 0.3) is 0 Å². The molecule has 1 fully saturated rings. The molecule has 0 saturated heterocycles. The number of rotatable bonds is 1. The minimum atomic E-state index is -0.114. The summed E-state index contributed by atoms with van der Waals surface area (Å²) in [5.74, 6) is -0.0262. The lowest BCUT2D eigenvalue weighted by molar-refractivity contribution is -0.148. The quantitative estimate of drug-likeness (QED) is 0.570. The Hall–Kier alpha value is -0.280. The van der Waals surface area contributed by atoms with Crippen LogP contribution in [0.3, 0.4) is 0 Å². The van der Waals surface area contributed by atoms with E-state index in [-0.39, 0.29) is 30.3 Å². The number of carbonyl (C=O) groups excluding carboxylic acids is 1. The Morgan fingerprint density at radius 3 is 2.40 bits per heavy atom. The van der Waals surface area contributed by atoms with Gasteiger partial charge in [-0.3, -0.25) is 4.79 Å². The van der Waals surface area contributed by atoms with Crippen molar-refractivity contribution in [3.63, 3.8) is 0 Å². The molecule has 1 aliphatic rings. The van der Waals surface area contributed by atoms with Crippen molar-refractivity contribution in [2.45, 2.75) is 18.9 Å². The molecule has 0 unspecified atom stereocenters. The summed E-state index contributed by atoms with van der Waals surface area (Å²) in [6.45, 7) is 0. The monoisotopic (exact) mass is 165 g/mol. The molecule has 4 heteroatoms. The third-order valence-corrected chi connectivity index (χ3v) is 1.71. The first-order valence-electron chi connectivity index (χ1n) is 3.07. The lowest BCUT2D eigenvalue weighted by atomic mass is 9.81. The number of halogens is 1. The van der Waals surface area contributed by atoms with E-state index in [2.05, 4.69) is 4.74 Å². The average molecular weight is 166 g/mol. The summed E-state index contributed by atoms with van der Waals surface area (Å²) in [5, 5.41) is 0. The summed E-state index contributed by atoms with van der Waals surface area (Å²) in [4.78, 5) is 10.7. The van der Waals surface area contributed by atoms with E-state index < -0.39 is 0 Å². The van der Waals surface area contributed by atoms with Crippen LogP contribution in [0.15, 0.2) is 0 Å². The number of hydrogen-bond acceptors (Lipinski definition) is 3. The molecule has 0 radical (unpaired) electrons. The molecular weight excluding hydrogens is 154 g/mol. The van der Waals surface area contributed by atoms with Gasteiger partial charge in [-0.15, -0.1) is 12.4 Å². The third-order valence-electron chi connectivity index (χ3n) is 1.71. The van der Waals surface area contributed by atoms with Crippen LogP contribution in [0.2, 0.25) is 0 Å². The first-order chi connectivity index (χ1) is 4.24. The van der Waals surface area contributed by atoms with E-state index in [4.69, 9.17) is 5.73 Å². The maximum atomic E-state index is 10.7. The predicted molar refractivity (Wildman–Crippen MR) is 40.0 cm³/mol. The van der Waals surface area contributed by atoms with E-state index in [1.54, 1.807) is 0 Å². The van der Waals surface area contributed by atoms with Crippen molar-refractivity contribution in [1.82, 2.24) is 0 Å². The number of carbonyl (C=O) groups is 1. The summed E-state index contributed by atoms with van der Waals surface area (Å²) in [5.41, 5.74) is 5.45. The molecule has 0 bridgehead atoms. The van der Waals surface area contributed by atoms with Crippen molar-refractivity contribution in [3.8, 4) is 0 Å². The SMILES string of the molecule is COC(=O)[C@H]1C[C@H](N)C1.Cl. The van der Waals surface area contributed by atoms with Crippen LogP contribution in [0.4, 0.5) is 0 Å². The van der Waals surface area contributed by atoms with Crippen molar-refractivity contribution in [3.05, 3.63) is 0 Å². The first kappa shape index (κ1) is 9.72. The topological polar surface area (TPSA) is 52.3 Å². The second-order valence-corrected chi connectivity index (χ2v) is 2.45. The Balaban J connectivity index is 0.000000810. The van der Waals surface area contributed by atoms with Crippen LogP contribution < -0.4 is 5.73 Å². The Labute approximate surface area is 66.3 Å². The molecule has 0 heterocycles. The molecule has 0 aromatic carbocycles. The van der Waals surface area contributed by atoms with Gasteiger partial charge in [-0.2, -0.15) is 0 Å². The molecule has 0 aromatic rings. The average Bonchev–Trinajstić information content (AvgIpc) is 1.79. The lowest BCUT2D eigenvalue weighted by Gasteiger charge is -2.29. The number of hydrogen-bond donors (Lipinski definition) is 1. The molecule has 1 rings (SSSR count). The van der Waals surface area contributed by atoms with E-state index in [0.717, 1.165) is 12.8 Å². The largest absolute Gasteiger partial charge is 0.469 e. The maximum Gasteiger partial charge on any atom is 0.308 e. The van der Waals surface area contributed by atoms with Gasteiger partial charge >= 0.3 is 5.97 Å². The highest BCUT2D eigenvalue weighted by Gasteiger charge is 2.32. The zero-order valence-corrected chi connectivity index (χ0v) is 6.69. The van der Waals surface area contributed by atoms with Gasteiger partial charge in [0.1, 0.15) is 0 Å². The second-order valence-electron chi connectivity index (χ2n) is 2.45. The Bertz CT molecular complexity index is 123. The molecule has 10 heavy (non-hydrogen) atoms. The number of esters is 1. The number of methoxy groups -OCH3 is 1. The Morgan fingerprint density at radius 2 is 2.10 bits per heavy atom. The fourth-order valence-electron chi connectivity index (χ4n) is 1.02. The van der Waals surface area contributed by atoms with E-state index in [1.807, 2.05) is 0 Å². The third kappa shape index (κ3) is 1.85. The number of ether oxygens (including phenoxy) is 1. The molecule has 60 valence electrons. The van der Waals surface area contributed by atoms with Crippen molar-refractivity contribution in [2.24, 2.45) is 11.7 Å². The molecule has 1 saturated carbocycles. The van der Waals surface area contributed by atoms with Gasteiger partial charge in [0.25, 0.3) is 0 Å². The van der Waals surface area contributed by atoms with Crippen LogP contribution in [0, 0.1) is 5.92 Å². The second kappa shape index (κ2) is 3.78. The first-order valence-corrected chi connectivity index (χ1v) is 3.07. The molecule has 0 spiro atoms. The smallest absolute Gasteiger partial charge is 0.308 e. The van der Waals surface area contributed by atoms with Crippen LogP contribution in [0.1, 0.15) is 12.8 Å². The summed E-state index contributed by atoms with van der Waals surface area (Å²) in [6.07, 6.45) is 1.60. The van der Waals surface area contributed by atoms with Gasteiger partial charge in [-0.25, -0.2) is 0 Å². The summed E-state index contributed by atoms with van der Waals surface area (Å²) < 4.78 is 4.51. The molecular formula is C6H12ClNO2. The minimum absolute atomic E-state index is 0. The van der Waals surface area contributed by atoms with Crippen molar-refractivity contribution < 1.29 is 9.53 Å². The molecule has 0 atom stereocenters. The van der Waals surface area contributed by atoms with Crippen LogP contribution in [-0.2, 0) is 9.53 Å². The highest BCUT2D eigenvalue weighted by atomic mass is 35.5. The van der Waals surface area contributed by atoms with E-state index in [1.165, 1.54) is 7.11 Å². The van der Waals surface area contributed by atoms with Crippen molar-refractivity contribution in [2.75, 3.05) is 7.11 Å². The lowest BCUT2D eigenvalue weighted by Crippen LogP contribution is -2.40. The standard InChI is InChI=1S/C6H11NO2.ClH/c1-9-6(8)4-2-5(7)3-4;/h4-5H,2-3,7H2,1H3;1H/t4-,5-;. The van der Waals surface area contributed by atoms with E-state index in [0.29, 0.717) is 0 Å². The van der Waals surface area contributed by atoms with Gasteiger partial charge in [-0.1, -0.05) is 0 Å². The Kier molecular flexibility index (Phi) is 3.68. The summed E-state index contributed by atoms with van der Waals surface area (Å²) >= 11 is 0. The Morgan fingerprint density at radius 1 is 1.60 bits per heavy atom. The maximum absolute atomic E-state index is 10.7. The van der Waals surface area contributed by atoms with Crippen molar-refractivity contribution >= 4 is 18.4 Å². The van der Waals surface area contributed by atoms with E-state index >= 15 is 0 Å². The molecule has 3 nitrogen and oxygen atoms in total. The van der Waals surface area contributed by atoms with Gasteiger partial charge in [0.2, 0.25) is 0 Å². The minimum Gasteiger partial charge on any atom is -0.469 e. The predicted octanol–water partition coefficient (Wildman–Crippen LogP) is 0.318. The zero-order chi connectivity index (χ0) is 6.85. The normalized spacial score (nSPS) is 29.8. The molecule has 0 amide bonds. The van der Waals surface area contributed by atoms with Gasteiger partial charge in [0, 0.05) is 6.04 Å². The summed E-state index contributed by atoms with van der Waals surface area (Å²) in [7, 11) is 1.41. The fraction of sp³-hybridized carbons (Fsp3) is 0.833. The van der Waals surface area contributed by atoms with Crippen LogP contribution in [0.5, 0.6) is 0 Å². The highest BCUT2D eigenvalue weighted by Crippen LogP contribution is 2.26. The van der Waals surface area contributed by atoms with Gasteiger partial charge in [0.05, 0.1) is 13.0 Å². The van der Waals surface area contributed by atoms with Gasteiger partial charge in [-0.05, 0) is 12.8 Å². The van der Waals surface area contributed by atoms with Crippen LogP contribution >= 0.6 is 12.4 Å². The van der Waals surface area contributed by atoms with Gasteiger partial charge in [0.15, 0.2) is 0 Å².